The number of aromatic amines is 1. The Bertz CT molecular complexity index is 736. The number of aryl methyl sites for hydroxylation is 1. The molecule has 90 valence electrons. The first-order valence-electron chi connectivity index (χ1n) is 5.41. The van der Waals surface area contributed by atoms with E-state index < -0.39 is 0 Å². The van der Waals surface area contributed by atoms with Crippen molar-refractivity contribution < 1.29 is 0 Å². The molecule has 0 radical (unpaired) electrons. The number of fused-ring (bicyclic) bond motifs is 1. The number of halogens is 2. The average Bonchev–Trinajstić information content (AvgIpc) is 2.75. The summed E-state index contributed by atoms with van der Waals surface area (Å²) in [4.78, 5) is 12.0. The molecule has 2 heterocycles. The Hall–Kier alpha value is -1.39. The van der Waals surface area contributed by atoms with E-state index in [4.69, 9.17) is 11.6 Å². The van der Waals surface area contributed by atoms with Gasteiger partial charge >= 0.3 is 0 Å². The van der Waals surface area contributed by atoms with E-state index in [1.54, 1.807) is 6.20 Å². The zero-order valence-electron chi connectivity index (χ0n) is 9.54. The number of imidazole rings is 1. The Morgan fingerprint density at radius 1 is 1.28 bits per heavy atom. The van der Waals surface area contributed by atoms with Crippen molar-refractivity contribution in [3.63, 3.8) is 0 Å². The van der Waals surface area contributed by atoms with Gasteiger partial charge in [0.15, 0.2) is 5.65 Å². The molecule has 0 spiro atoms. The quantitative estimate of drug-likeness (QED) is 0.723. The molecular formula is C13H9BrClN3. The van der Waals surface area contributed by atoms with Gasteiger partial charge in [-0.3, -0.25) is 0 Å². The number of nitrogens with one attached hydrogen (secondary N) is 1. The molecule has 18 heavy (non-hydrogen) atoms. The molecule has 0 atom stereocenters. The van der Waals surface area contributed by atoms with Gasteiger partial charge in [-0.05, 0) is 52.7 Å². The number of H-pyrrole nitrogens is 1. The third kappa shape index (κ3) is 2.02. The van der Waals surface area contributed by atoms with Crippen LogP contribution in [0, 0.1) is 6.92 Å². The first-order valence-corrected chi connectivity index (χ1v) is 6.58. The molecule has 0 amide bonds. The highest BCUT2D eigenvalue weighted by Crippen LogP contribution is 2.25. The van der Waals surface area contributed by atoms with Gasteiger partial charge in [0.25, 0.3) is 0 Å². The molecule has 1 N–H and O–H groups in total. The van der Waals surface area contributed by atoms with Crippen LogP contribution in [0.25, 0.3) is 22.6 Å². The molecule has 0 aliphatic carbocycles. The van der Waals surface area contributed by atoms with Gasteiger partial charge in [0.1, 0.15) is 5.82 Å². The number of hydrogen-bond acceptors (Lipinski definition) is 2. The maximum atomic E-state index is 6.02. The minimum Gasteiger partial charge on any atom is -0.337 e. The van der Waals surface area contributed by atoms with Gasteiger partial charge in [-0.2, -0.15) is 0 Å². The second-order valence-electron chi connectivity index (χ2n) is 4.07. The summed E-state index contributed by atoms with van der Waals surface area (Å²) in [5.74, 6) is 0.801. The van der Waals surface area contributed by atoms with Crippen LogP contribution < -0.4 is 0 Å². The lowest BCUT2D eigenvalue weighted by atomic mass is 10.1. The highest BCUT2D eigenvalue weighted by molar-refractivity contribution is 9.10. The topological polar surface area (TPSA) is 41.6 Å². The van der Waals surface area contributed by atoms with E-state index >= 15 is 0 Å². The summed E-state index contributed by atoms with van der Waals surface area (Å²) < 4.78 is 0.928. The molecule has 0 bridgehead atoms. The molecule has 0 saturated heterocycles. The summed E-state index contributed by atoms with van der Waals surface area (Å²) >= 11 is 9.41. The first-order chi connectivity index (χ1) is 8.63. The molecule has 3 nitrogen and oxygen atoms in total. The van der Waals surface area contributed by atoms with Crippen molar-refractivity contribution >= 4 is 38.7 Å². The van der Waals surface area contributed by atoms with Crippen LogP contribution in [0.3, 0.4) is 0 Å². The number of hydrogen-bond donors (Lipinski definition) is 1. The maximum absolute atomic E-state index is 6.02. The van der Waals surface area contributed by atoms with Crippen molar-refractivity contribution in [2.45, 2.75) is 6.92 Å². The predicted octanol–water partition coefficient (Wildman–Crippen LogP) is 4.35. The Morgan fingerprint density at radius 3 is 2.89 bits per heavy atom. The largest absolute Gasteiger partial charge is 0.337 e. The molecular weight excluding hydrogens is 314 g/mol. The van der Waals surface area contributed by atoms with Crippen LogP contribution in [0.1, 0.15) is 5.56 Å². The van der Waals surface area contributed by atoms with E-state index in [2.05, 4.69) is 30.9 Å². The normalized spacial score (nSPS) is 11.1. The highest BCUT2D eigenvalue weighted by atomic mass is 79.9. The van der Waals surface area contributed by atoms with Gasteiger partial charge in [0, 0.05) is 21.3 Å². The SMILES string of the molecule is Cc1cc(-c2nc3ncc(Br)cc3[nH]2)ccc1Cl. The highest BCUT2D eigenvalue weighted by Gasteiger charge is 2.07. The third-order valence-corrected chi connectivity index (χ3v) is 3.59. The third-order valence-electron chi connectivity index (χ3n) is 2.74. The van der Waals surface area contributed by atoms with Crippen molar-refractivity contribution in [2.75, 3.05) is 0 Å². The summed E-state index contributed by atoms with van der Waals surface area (Å²) in [7, 11) is 0. The van der Waals surface area contributed by atoms with Gasteiger partial charge in [-0.1, -0.05) is 11.6 Å². The van der Waals surface area contributed by atoms with Crippen LogP contribution in [-0.2, 0) is 0 Å². The molecule has 0 unspecified atom stereocenters. The van der Waals surface area contributed by atoms with Gasteiger partial charge in [0.05, 0.1) is 5.52 Å². The zero-order valence-corrected chi connectivity index (χ0v) is 11.9. The number of aromatic nitrogens is 3. The van der Waals surface area contributed by atoms with Crippen molar-refractivity contribution in [1.82, 2.24) is 15.0 Å². The fourth-order valence-corrected chi connectivity index (χ4v) is 2.25. The van der Waals surface area contributed by atoms with Crippen molar-refractivity contribution in [1.29, 1.82) is 0 Å². The molecule has 0 aliphatic heterocycles. The Balaban J connectivity index is 2.16. The Kier molecular flexibility index (Phi) is 2.84. The standard InChI is InChI=1S/C13H9BrClN3/c1-7-4-8(2-3-10(7)15)12-17-11-5-9(14)6-16-13(11)18-12/h2-6H,1H3,(H,16,17,18). The van der Waals surface area contributed by atoms with E-state index in [1.165, 1.54) is 0 Å². The average molecular weight is 323 g/mol. The van der Waals surface area contributed by atoms with Crippen LogP contribution in [-0.4, -0.2) is 15.0 Å². The van der Waals surface area contributed by atoms with E-state index in [1.807, 2.05) is 31.2 Å². The Morgan fingerprint density at radius 2 is 2.11 bits per heavy atom. The van der Waals surface area contributed by atoms with Crippen LogP contribution in [0.15, 0.2) is 34.9 Å². The van der Waals surface area contributed by atoms with Crippen LogP contribution in [0.4, 0.5) is 0 Å². The first kappa shape index (κ1) is 11.7. The van der Waals surface area contributed by atoms with Crippen molar-refractivity contribution in [2.24, 2.45) is 0 Å². The van der Waals surface area contributed by atoms with Crippen molar-refractivity contribution in [3.05, 3.63) is 45.5 Å². The minimum atomic E-state index is 0.709. The van der Waals surface area contributed by atoms with Crippen LogP contribution in [0.2, 0.25) is 5.02 Å². The lowest BCUT2D eigenvalue weighted by Gasteiger charge is -2.00. The minimum absolute atomic E-state index is 0.709. The second kappa shape index (κ2) is 4.37. The fourth-order valence-electron chi connectivity index (χ4n) is 1.80. The summed E-state index contributed by atoms with van der Waals surface area (Å²) in [5.41, 5.74) is 3.66. The predicted molar refractivity (Wildman–Crippen MR) is 76.8 cm³/mol. The summed E-state index contributed by atoms with van der Waals surface area (Å²) in [6, 6.07) is 7.79. The molecule has 1 aromatic carbocycles. The molecule has 2 aromatic heterocycles. The summed E-state index contributed by atoms with van der Waals surface area (Å²) in [5, 5.41) is 0.760. The summed E-state index contributed by atoms with van der Waals surface area (Å²) in [6.07, 6.45) is 1.74. The van der Waals surface area contributed by atoms with Crippen LogP contribution in [0.5, 0.6) is 0 Å². The molecule has 0 fully saturated rings. The molecule has 0 aliphatic rings. The maximum Gasteiger partial charge on any atom is 0.178 e. The van der Waals surface area contributed by atoms with E-state index in [0.717, 1.165) is 32.0 Å². The Labute approximate surface area is 117 Å². The van der Waals surface area contributed by atoms with Gasteiger partial charge < -0.3 is 4.98 Å². The lowest BCUT2D eigenvalue weighted by molar-refractivity contribution is 1.29. The molecule has 3 aromatic rings. The van der Waals surface area contributed by atoms with Crippen molar-refractivity contribution in [3.8, 4) is 11.4 Å². The van der Waals surface area contributed by atoms with Crippen LogP contribution >= 0.6 is 27.5 Å². The number of nitrogens with zero attached hydrogens (tertiary/aromatic N) is 2. The lowest BCUT2D eigenvalue weighted by Crippen LogP contribution is -1.82. The van der Waals surface area contributed by atoms with E-state index in [-0.39, 0.29) is 0 Å². The van der Waals surface area contributed by atoms with E-state index in [0.29, 0.717) is 5.65 Å². The number of benzene rings is 1. The fraction of sp³-hybridized carbons (Fsp3) is 0.0769. The molecule has 3 rings (SSSR count). The number of pyridine rings is 1. The van der Waals surface area contributed by atoms with E-state index in [9.17, 15) is 0 Å². The van der Waals surface area contributed by atoms with Gasteiger partial charge in [-0.25, -0.2) is 9.97 Å². The summed E-state index contributed by atoms with van der Waals surface area (Å²) in [6.45, 7) is 1.98. The smallest absolute Gasteiger partial charge is 0.178 e. The second-order valence-corrected chi connectivity index (χ2v) is 5.40. The van der Waals surface area contributed by atoms with Gasteiger partial charge in [-0.15, -0.1) is 0 Å². The monoisotopic (exact) mass is 321 g/mol. The molecule has 0 saturated carbocycles. The molecule has 5 heteroatoms. The van der Waals surface area contributed by atoms with Gasteiger partial charge in [0.2, 0.25) is 0 Å². The zero-order chi connectivity index (χ0) is 12.7. The number of rotatable bonds is 1.